The first-order valence-corrected chi connectivity index (χ1v) is 12.5. The van der Waals surface area contributed by atoms with E-state index in [1.807, 2.05) is 30.9 Å². The van der Waals surface area contributed by atoms with E-state index in [9.17, 15) is 9.59 Å². The van der Waals surface area contributed by atoms with E-state index >= 15 is 0 Å². The molecule has 34 heavy (non-hydrogen) atoms. The van der Waals surface area contributed by atoms with Crippen LogP contribution in [-0.2, 0) is 6.42 Å². The standard InChI is InChI=1S/C26H40N6O2/c1-5-11-32(17-21-9-12-31(13-10-21)26(34)29-19(2)3)20(4)14-22-7-6-8-23(15-22)30-25(33)24-16-27-18-28-24/h6-8,15-16,18-21H,5,9-14,17H2,1-4H3,(H,27,28)(H,29,34)(H,30,33). The summed E-state index contributed by atoms with van der Waals surface area (Å²) in [5.41, 5.74) is 2.44. The van der Waals surface area contributed by atoms with Gasteiger partial charge in [-0.25, -0.2) is 9.78 Å². The molecule has 3 N–H and O–H groups in total. The summed E-state index contributed by atoms with van der Waals surface area (Å²) in [5, 5.41) is 5.95. The Morgan fingerprint density at radius 1 is 1.24 bits per heavy atom. The normalized spacial score (nSPS) is 15.5. The smallest absolute Gasteiger partial charge is 0.317 e. The predicted octanol–water partition coefficient (Wildman–Crippen LogP) is 4.14. The molecule has 186 valence electrons. The molecule has 3 amide bonds. The largest absolute Gasteiger partial charge is 0.341 e. The first kappa shape index (κ1) is 25.7. The van der Waals surface area contributed by atoms with Gasteiger partial charge in [-0.05, 0) is 76.6 Å². The number of imidazole rings is 1. The van der Waals surface area contributed by atoms with Crippen molar-refractivity contribution < 1.29 is 9.59 Å². The van der Waals surface area contributed by atoms with Gasteiger partial charge in [-0.1, -0.05) is 19.1 Å². The molecule has 1 unspecified atom stereocenters. The van der Waals surface area contributed by atoms with Gasteiger partial charge in [0, 0.05) is 37.4 Å². The molecule has 0 spiro atoms. The molecule has 0 saturated carbocycles. The van der Waals surface area contributed by atoms with Gasteiger partial charge in [-0.2, -0.15) is 0 Å². The maximum Gasteiger partial charge on any atom is 0.317 e. The van der Waals surface area contributed by atoms with Gasteiger partial charge in [-0.3, -0.25) is 4.79 Å². The lowest BCUT2D eigenvalue weighted by Gasteiger charge is -2.37. The molecule has 1 aromatic heterocycles. The number of benzene rings is 1. The lowest BCUT2D eigenvalue weighted by molar-refractivity contribution is 0.102. The number of aromatic nitrogens is 2. The van der Waals surface area contributed by atoms with E-state index in [0.29, 0.717) is 17.7 Å². The molecule has 0 aliphatic carbocycles. The first-order chi connectivity index (χ1) is 16.4. The van der Waals surface area contributed by atoms with Gasteiger partial charge in [0.05, 0.1) is 12.5 Å². The summed E-state index contributed by atoms with van der Waals surface area (Å²) < 4.78 is 0. The van der Waals surface area contributed by atoms with E-state index in [1.54, 1.807) is 0 Å². The highest BCUT2D eigenvalue weighted by molar-refractivity contribution is 6.02. The Bertz CT molecular complexity index is 906. The van der Waals surface area contributed by atoms with Crippen molar-refractivity contribution in [2.45, 2.75) is 65.5 Å². The van der Waals surface area contributed by atoms with Crippen LogP contribution < -0.4 is 10.6 Å². The van der Waals surface area contributed by atoms with Crippen molar-refractivity contribution in [1.82, 2.24) is 25.1 Å². The fourth-order valence-electron chi connectivity index (χ4n) is 4.59. The van der Waals surface area contributed by atoms with Crippen LogP contribution in [0.3, 0.4) is 0 Å². The van der Waals surface area contributed by atoms with Crippen molar-refractivity contribution in [2.24, 2.45) is 5.92 Å². The molecule has 2 heterocycles. The minimum atomic E-state index is -0.191. The van der Waals surface area contributed by atoms with Gasteiger partial charge in [0.25, 0.3) is 5.91 Å². The van der Waals surface area contributed by atoms with Gasteiger partial charge < -0.3 is 25.4 Å². The SMILES string of the molecule is CCCN(CC1CCN(C(=O)NC(C)C)CC1)C(C)Cc1cccc(NC(=O)c2cnc[nH]2)c1. The molecule has 1 aliphatic heterocycles. The lowest BCUT2D eigenvalue weighted by Crippen LogP contribution is -2.48. The lowest BCUT2D eigenvalue weighted by atomic mass is 9.95. The molecule has 1 aliphatic rings. The summed E-state index contributed by atoms with van der Waals surface area (Å²) in [4.78, 5) is 35.9. The zero-order valence-electron chi connectivity index (χ0n) is 21.0. The van der Waals surface area contributed by atoms with Crippen LogP contribution >= 0.6 is 0 Å². The Labute approximate surface area is 203 Å². The fourth-order valence-corrected chi connectivity index (χ4v) is 4.59. The summed E-state index contributed by atoms with van der Waals surface area (Å²) in [5.74, 6) is 0.417. The molecule has 3 rings (SSSR count). The van der Waals surface area contributed by atoms with Gasteiger partial charge in [0.2, 0.25) is 0 Å². The highest BCUT2D eigenvalue weighted by Gasteiger charge is 2.26. The number of likely N-dealkylation sites (tertiary alicyclic amines) is 1. The minimum Gasteiger partial charge on any atom is -0.341 e. The third kappa shape index (κ3) is 7.58. The summed E-state index contributed by atoms with van der Waals surface area (Å²) in [6.45, 7) is 12.3. The van der Waals surface area contributed by atoms with Gasteiger partial charge in [0.1, 0.15) is 5.69 Å². The van der Waals surface area contributed by atoms with Crippen molar-refractivity contribution in [2.75, 3.05) is 31.5 Å². The molecular formula is C26H40N6O2. The van der Waals surface area contributed by atoms with Crippen molar-refractivity contribution in [3.05, 3.63) is 48.0 Å². The molecule has 8 heteroatoms. The molecular weight excluding hydrogens is 428 g/mol. The highest BCUT2D eigenvalue weighted by atomic mass is 16.2. The molecule has 0 radical (unpaired) electrons. The number of rotatable bonds is 10. The number of nitrogens with one attached hydrogen (secondary N) is 3. The minimum absolute atomic E-state index is 0.0618. The third-order valence-corrected chi connectivity index (χ3v) is 6.40. The molecule has 1 saturated heterocycles. The number of piperidine rings is 1. The summed E-state index contributed by atoms with van der Waals surface area (Å²) in [6.07, 6.45) is 7.15. The number of hydrogen-bond donors (Lipinski definition) is 3. The Balaban J connectivity index is 1.53. The number of nitrogens with zero attached hydrogens (tertiary/aromatic N) is 3. The van der Waals surface area contributed by atoms with Crippen molar-refractivity contribution in [3.8, 4) is 0 Å². The summed E-state index contributed by atoms with van der Waals surface area (Å²) in [6, 6.07) is 8.71. The molecule has 1 aromatic carbocycles. The molecule has 1 fully saturated rings. The number of anilines is 1. The Morgan fingerprint density at radius 3 is 2.65 bits per heavy atom. The molecule has 2 aromatic rings. The average Bonchev–Trinajstić information content (AvgIpc) is 3.34. The van der Waals surface area contributed by atoms with Crippen LogP contribution in [0.25, 0.3) is 0 Å². The molecule has 8 nitrogen and oxygen atoms in total. The van der Waals surface area contributed by atoms with E-state index in [0.717, 1.165) is 57.5 Å². The highest BCUT2D eigenvalue weighted by Crippen LogP contribution is 2.22. The van der Waals surface area contributed by atoms with Gasteiger partial charge in [0.15, 0.2) is 0 Å². The second-order valence-corrected chi connectivity index (χ2v) is 9.70. The zero-order valence-corrected chi connectivity index (χ0v) is 21.0. The van der Waals surface area contributed by atoms with E-state index < -0.39 is 0 Å². The Morgan fingerprint density at radius 2 is 2.00 bits per heavy atom. The second-order valence-electron chi connectivity index (χ2n) is 9.70. The van der Waals surface area contributed by atoms with Crippen molar-refractivity contribution >= 4 is 17.6 Å². The first-order valence-electron chi connectivity index (χ1n) is 12.5. The van der Waals surface area contributed by atoms with Crippen LogP contribution in [0, 0.1) is 5.92 Å². The zero-order chi connectivity index (χ0) is 24.5. The maximum absolute atomic E-state index is 12.3. The number of H-pyrrole nitrogens is 1. The topological polar surface area (TPSA) is 93.4 Å². The van der Waals surface area contributed by atoms with Crippen LogP contribution in [0.1, 0.15) is 63.0 Å². The van der Waals surface area contributed by atoms with Crippen LogP contribution in [0.2, 0.25) is 0 Å². The van der Waals surface area contributed by atoms with Gasteiger partial charge in [-0.15, -0.1) is 0 Å². The van der Waals surface area contributed by atoms with Crippen LogP contribution in [-0.4, -0.2) is 70.0 Å². The maximum atomic E-state index is 12.3. The number of aromatic amines is 1. The number of amides is 3. The van der Waals surface area contributed by atoms with E-state index in [2.05, 4.69) is 51.5 Å². The van der Waals surface area contributed by atoms with E-state index in [4.69, 9.17) is 0 Å². The average molecular weight is 469 g/mol. The van der Waals surface area contributed by atoms with Gasteiger partial charge >= 0.3 is 6.03 Å². The Hall–Kier alpha value is -2.87. The number of carbonyl (C=O) groups excluding carboxylic acids is 2. The van der Waals surface area contributed by atoms with Crippen LogP contribution in [0.15, 0.2) is 36.8 Å². The number of urea groups is 1. The quantitative estimate of drug-likeness (QED) is 0.489. The predicted molar refractivity (Wildman–Crippen MR) is 136 cm³/mol. The van der Waals surface area contributed by atoms with Crippen LogP contribution in [0.5, 0.6) is 0 Å². The molecule has 0 bridgehead atoms. The van der Waals surface area contributed by atoms with E-state index in [1.165, 1.54) is 18.1 Å². The van der Waals surface area contributed by atoms with Crippen molar-refractivity contribution in [3.63, 3.8) is 0 Å². The van der Waals surface area contributed by atoms with E-state index in [-0.39, 0.29) is 18.0 Å². The number of hydrogen-bond acceptors (Lipinski definition) is 4. The van der Waals surface area contributed by atoms with Crippen LogP contribution in [0.4, 0.5) is 10.5 Å². The second kappa shape index (κ2) is 12.6. The molecule has 1 atom stereocenters. The van der Waals surface area contributed by atoms with Crippen molar-refractivity contribution in [1.29, 1.82) is 0 Å². The number of carbonyl (C=O) groups is 2. The summed E-state index contributed by atoms with van der Waals surface area (Å²) in [7, 11) is 0. The summed E-state index contributed by atoms with van der Waals surface area (Å²) >= 11 is 0. The monoisotopic (exact) mass is 468 g/mol. The fraction of sp³-hybridized carbons (Fsp3) is 0.577. The third-order valence-electron chi connectivity index (χ3n) is 6.40. The Kier molecular flexibility index (Phi) is 9.51.